The molecular weight excluding hydrogens is 336 g/mol. The molecule has 0 aliphatic carbocycles. The first-order chi connectivity index (χ1) is 10.0. The minimum Gasteiger partial charge on any atom is -0.480 e. The molecule has 0 spiro atoms. The van der Waals surface area contributed by atoms with Crippen LogP contribution in [-0.4, -0.2) is 36.0 Å². The van der Waals surface area contributed by atoms with Crippen LogP contribution in [0.2, 0.25) is 5.02 Å². The molecule has 0 aliphatic rings. The van der Waals surface area contributed by atoms with Gasteiger partial charge in [-0.2, -0.15) is 8.42 Å². The molecule has 1 unspecified atom stereocenters. The third-order valence-corrected chi connectivity index (χ3v) is 4.23. The van der Waals surface area contributed by atoms with Crippen LogP contribution in [0.15, 0.2) is 17.0 Å². The average Bonchev–Trinajstić information content (AvgIpc) is 2.38. The van der Waals surface area contributed by atoms with Gasteiger partial charge in [-0.15, -0.1) is 0 Å². The number of aliphatic carboxylic acids is 1. The highest BCUT2D eigenvalue weighted by Gasteiger charge is 2.18. The van der Waals surface area contributed by atoms with E-state index in [-0.39, 0.29) is 29.1 Å². The van der Waals surface area contributed by atoms with Gasteiger partial charge in [0, 0.05) is 17.1 Å². The molecule has 1 aromatic rings. The summed E-state index contributed by atoms with van der Waals surface area (Å²) in [5.41, 5.74) is 5.49. The van der Waals surface area contributed by atoms with Crippen molar-refractivity contribution in [1.29, 1.82) is 0 Å². The van der Waals surface area contributed by atoms with Gasteiger partial charge in [-0.3, -0.25) is 14.1 Å². The molecule has 10 heteroatoms. The van der Waals surface area contributed by atoms with Gasteiger partial charge in [0.1, 0.15) is 10.9 Å². The van der Waals surface area contributed by atoms with Gasteiger partial charge in [0.15, 0.2) is 0 Å². The maximum atomic E-state index is 11.7. The first kappa shape index (κ1) is 18.4. The van der Waals surface area contributed by atoms with Crippen molar-refractivity contribution in [2.24, 2.45) is 5.73 Å². The molecule has 8 nitrogen and oxygen atoms in total. The van der Waals surface area contributed by atoms with Crippen LogP contribution in [0.3, 0.4) is 0 Å². The Balaban J connectivity index is 2.89. The van der Waals surface area contributed by atoms with Gasteiger partial charge in [-0.1, -0.05) is 11.6 Å². The maximum absolute atomic E-state index is 11.7. The van der Waals surface area contributed by atoms with Gasteiger partial charge in [0.05, 0.1) is 0 Å². The summed E-state index contributed by atoms with van der Waals surface area (Å²) in [5, 5.41) is 11.0. The lowest BCUT2D eigenvalue weighted by atomic mass is 10.1. The van der Waals surface area contributed by atoms with E-state index in [4.69, 9.17) is 27.0 Å². The van der Waals surface area contributed by atoms with Gasteiger partial charge in [0.25, 0.3) is 10.1 Å². The second-order valence-corrected chi connectivity index (χ2v) is 6.39. The van der Waals surface area contributed by atoms with Crippen molar-refractivity contribution in [2.45, 2.75) is 30.7 Å². The van der Waals surface area contributed by atoms with E-state index in [1.807, 2.05) is 0 Å². The zero-order chi connectivity index (χ0) is 17.1. The molecule has 122 valence electrons. The second kappa shape index (κ2) is 7.05. The smallest absolute Gasteiger partial charge is 0.320 e. The van der Waals surface area contributed by atoms with Crippen molar-refractivity contribution in [1.82, 2.24) is 0 Å². The molecule has 1 rings (SSSR count). The molecule has 0 aliphatic heterocycles. The molecule has 22 heavy (non-hydrogen) atoms. The molecular formula is C12H15ClN2O6S. The van der Waals surface area contributed by atoms with Crippen LogP contribution in [0, 0.1) is 6.92 Å². The number of nitrogens with one attached hydrogen (secondary N) is 1. The first-order valence-corrected chi connectivity index (χ1v) is 7.90. The van der Waals surface area contributed by atoms with E-state index >= 15 is 0 Å². The predicted molar refractivity (Wildman–Crippen MR) is 79.5 cm³/mol. The Kier molecular flexibility index (Phi) is 5.89. The molecule has 0 fully saturated rings. The number of hydrogen-bond donors (Lipinski definition) is 4. The van der Waals surface area contributed by atoms with Crippen LogP contribution in [0.1, 0.15) is 18.4 Å². The number of rotatable bonds is 6. The zero-order valence-corrected chi connectivity index (χ0v) is 13.1. The fraction of sp³-hybridized carbons (Fsp3) is 0.333. The van der Waals surface area contributed by atoms with Crippen molar-refractivity contribution < 1.29 is 27.7 Å². The lowest BCUT2D eigenvalue weighted by molar-refractivity contribution is -0.138. The van der Waals surface area contributed by atoms with Crippen LogP contribution < -0.4 is 11.1 Å². The summed E-state index contributed by atoms with van der Waals surface area (Å²) in [4.78, 5) is 21.8. The number of benzene rings is 1. The molecule has 0 saturated carbocycles. The monoisotopic (exact) mass is 350 g/mol. The van der Waals surface area contributed by atoms with Crippen molar-refractivity contribution in [2.75, 3.05) is 5.32 Å². The SMILES string of the molecule is Cc1c(Cl)cc(NC(=O)CCC(N)C(=O)O)cc1S(=O)(=O)O. The van der Waals surface area contributed by atoms with Crippen LogP contribution in [0.4, 0.5) is 5.69 Å². The van der Waals surface area contributed by atoms with Crippen LogP contribution in [-0.2, 0) is 19.7 Å². The van der Waals surface area contributed by atoms with E-state index in [1.165, 1.54) is 13.0 Å². The summed E-state index contributed by atoms with van der Waals surface area (Å²) in [6, 6.07) is 1.22. The summed E-state index contributed by atoms with van der Waals surface area (Å²) < 4.78 is 31.6. The normalized spacial score (nSPS) is 12.7. The largest absolute Gasteiger partial charge is 0.480 e. The number of hydrogen-bond acceptors (Lipinski definition) is 5. The molecule has 1 atom stereocenters. The van der Waals surface area contributed by atoms with E-state index in [0.29, 0.717) is 0 Å². The summed E-state index contributed by atoms with van der Waals surface area (Å²) in [6.07, 6.45) is -0.244. The molecule has 0 radical (unpaired) electrons. The number of halogens is 1. The molecule has 0 aromatic heterocycles. The quantitative estimate of drug-likeness (QED) is 0.560. The van der Waals surface area contributed by atoms with Crippen LogP contribution in [0.25, 0.3) is 0 Å². The highest BCUT2D eigenvalue weighted by atomic mass is 35.5. The fourth-order valence-electron chi connectivity index (χ4n) is 1.63. The van der Waals surface area contributed by atoms with E-state index in [1.54, 1.807) is 0 Å². The molecule has 5 N–H and O–H groups in total. The minimum absolute atomic E-state index is 0.0488. The van der Waals surface area contributed by atoms with Gasteiger partial charge in [0.2, 0.25) is 5.91 Å². The number of anilines is 1. The molecule has 1 aromatic carbocycles. The van der Waals surface area contributed by atoms with E-state index < -0.39 is 32.9 Å². The third kappa shape index (κ3) is 4.95. The van der Waals surface area contributed by atoms with Crippen LogP contribution in [0.5, 0.6) is 0 Å². The zero-order valence-electron chi connectivity index (χ0n) is 11.5. The summed E-state index contributed by atoms with van der Waals surface area (Å²) >= 11 is 5.85. The molecule has 0 heterocycles. The predicted octanol–water partition coefficient (Wildman–Crippen LogP) is 1.03. The minimum atomic E-state index is -4.48. The first-order valence-electron chi connectivity index (χ1n) is 6.08. The van der Waals surface area contributed by atoms with Gasteiger partial charge < -0.3 is 16.2 Å². The summed E-state index contributed by atoms with van der Waals surface area (Å²) in [5.74, 6) is -1.78. The van der Waals surface area contributed by atoms with Crippen molar-refractivity contribution >= 4 is 39.3 Å². The van der Waals surface area contributed by atoms with Crippen LogP contribution >= 0.6 is 11.6 Å². The Morgan fingerprint density at radius 1 is 1.41 bits per heavy atom. The Morgan fingerprint density at radius 3 is 2.50 bits per heavy atom. The maximum Gasteiger partial charge on any atom is 0.320 e. The van der Waals surface area contributed by atoms with Crippen molar-refractivity contribution in [3.8, 4) is 0 Å². The third-order valence-electron chi connectivity index (χ3n) is 2.86. The van der Waals surface area contributed by atoms with E-state index in [2.05, 4.69) is 5.32 Å². The highest BCUT2D eigenvalue weighted by molar-refractivity contribution is 7.85. The number of carboxylic acid groups (broad SMARTS) is 1. The molecule has 0 bridgehead atoms. The van der Waals surface area contributed by atoms with Gasteiger partial charge in [-0.05, 0) is 31.0 Å². The summed E-state index contributed by atoms with van der Waals surface area (Å²) in [7, 11) is -4.48. The summed E-state index contributed by atoms with van der Waals surface area (Å²) in [6.45, 7) is 1.41. The van der Waals surface area contributed by atoms with E-state index in [9.17, 15) is 18.0 Å². The Hall–Kier alpha value is -1.68. The average molecular weight is 351 g/mol. The van der Waals surface area contributed by atoms with E-state index in [0.717, 1.165) is 6.07 Å². The molecule has 1 amide bonds. The van der Waals surface area contributed by atoms with Gasteiger partial charge in [-0.25, -0.2) is 0 Å². The van der Waals surface area contributed by atoms with Crippen molar-refractivity contribution in [3.05, 3.63) is 22.7 Å². The van der Waals surface area contributed by atoms with Gasteiger partial charge >= 0.3 is 5.97 Å². The topological polar surface area (TPSA) is 147 Å². The lowest BCUT2D eigenvalue weighted by Gasteiger charge is -2.11. The lowest BCUT2D eigenvalue weighted by Crippen LogP contribution is -2.31. The van der Waals surface area contributed by atoms with Crippen molar-refractivity contribution in [3.63, 3.8) is 0 Å². The fourth-order valence-corrected chi connectivity index (χ4v) is 2.68. The Morgan fingerprint density at radius 2 is 2.00 bits per heavy atom. The standard InChI is InChI=1S/C12H15ClN2O6S/c1-6-8(13)4-7(5-10(6)22(19,20)21)15-11(16)3-2-9(14)12(17)18/h4-5,9H,2-3,14H2,1H3,(H,15,16)(H,17,18)(H,19,20,21). The molecule has 0 saturated heterocycles. The Bertz CT molecular complexity index is 704. The number of carbonyl (C=O) groups excluding carboxylic acids is 1. The Labute approximate surface area is 132 Å². The number of amides is 1. The number of carboxylic acids is 1. The number of carbonyl (C=O) groups is 2. The second-order valence-electron chi connectivity index (χ2n) is 4.59. The highest BCUT2D eigenvalue weighted by Crippen LogP contribution is 2.27. The number of nitrogens with two attached hydrogens (primary N) is 1.